The van der Waals surface area contributed by atoms with Crippen molar-refractivity contribution >= 4 is 48.1 Å². The maximum absolute atomic E-state index is 12.2. The van der Waals surface area contributed by atoms with Crippen LogP contribution in [0.4, 0.5) is 10.6 Å². The molecule has 0 spiro atoms. The zero-order valence-corrected chi connectivity index (χ0v) is 16.7. The number of thiazole rings is 1. The fourth-order valence-electron chi connectivity index (χ4n) is 3.51. The molecule has 0 atom stereocenters. The molecule has 3 aliphatic rings. The second kappa shape index (κ2) is 8.99. The van der Waals surface area contributed by atoms with Gasteiger partial charge >= 0.3 is 6.09 Å². The molecule has 6 nitrogen and oxygen atoms in total. The summed E-state index contributed by atoms with van der Waals surface area (Å²) in [4.78, 5) is 23.9. The quantitative estimate of drug-likeness (QED) is 0.812. The highest BCUT2D eigenvalue weighted by atomic mass is 35.5. The number of aromatic nitrogens is 2. The van der Waals surface area contributed by atoms with Gasteiger partial charge in [-0.05, 0) is 56.6 Å². The van der Waals surface area contributed by atoms with Crippen molar-refractivity contribution in [3.05, 3.63) is 30.0 Å². The van der Waals surface area contributed by atoms with Gasteiger partial charge in [-0.3, -0.25) is 10.3 Å². The fourth-order valence-corrected chi connectivity index (χ4v) is 4.26. The average Bonchev–Trinajstić information content (AvgIpc) is 3.10. The number of halogens is 2. The van der Waals surface area contributed by atoms with Crippen LogP contribution in [0.3, 0.4) is 0 Å². The van der Waals surface area contributed by atoms with E-state index in [-0.39, 0.29) is 30.2 Å². The monoisotopic (exact) mass is 416 g/mol. The van der Waals surface area contributed by atoms with E-state index in [2.05, 4.69) is 20.2 Å². The first-order valence-electron chi connectivity index (χ1n) is 8.24. The highest BCUT2D eigenvalue weighted by Gasteiger charge is 2.40. The number of carbonyl (C=O) groups excluding carboxylic acids is 1. The molecule has 3 fully saturated rings. The summed E-state index contributed by atoms with van der Waals surface area (Å²) in [5.41, 5.74) is 2.89. The Morgan fingerprint density at radius 2 is 1.85 bits per heavy atom. The predicted molar refractivity (Wildman–Crippen MR) is 108 cm³/mol. The molecule has 3 saturated heterocycles. The Morgan fingerprint density at radius 3 is 2.50 bits per heavy atom. The van der Waals surface area contributed by atoms with Crippen LogP contribution in [0.25, 0.3) is 10.4 Å². The third kappa shape index (κ3) is 4.46. The average molecular weight is 417 g/mol. The van der Waals surface area contributed by atoms with Gasteiger partial charge in [-0.1, -0.05) is 0 Å². The molecule has 0 unspecified atom stereocenters. The van der Waals surface area contributed by atoms with E-state index in [1.807, 2.05) is 12.1 Å². The number of nitrogens with one attached hydrogen (secondary N) is 1. The summed E-state index contributed by atoms with van der Waals surface area (Å²) in [5.74, 6) is 0.548. The molecule has 26 heavy (non-hydrogen) atoms. The minimum Gasteiger partial charge on any atom is -0.449 e. The van der Waals surface area contributed by atoms with Crippen molar-refractivity contribution < 1.29 is 9.53 Å². The molecule has 5 rings (SSSR count). The smallest absolute Gasteiger partial charge is 0.412 e. The number of carbonyl (C=O) groups is 1. The Balaban J connectivity index is 0.00000121. The lowest BCUT2D eigenvalue weighted by Crippen LogP contribution is -2.50. The van der Waals surface area contributed by atoms with Crippen LogP contribution < -0.4 is 5.32 Å². The van der Waals surface area contributed by atoms with Crippen molar-refractivity contribution in [2.45, 2.75) is 19.3 Å². The topological polar surface area (TPSA) is 67.3 Å². The second-order valence-corrected chi connectivity index (χ2v) is 7.41. The van der Waals surface area contributed by atoms with Gasteiger partial charge in [0.15, 0.2) is 5.82 Å². The molecule has 142 valence electrons. The van der Waals surface area contributed by atoms with Gasteiger partial charge in [0.25, 0.3) is 0 Å². The number of hydrogen-bond donors (Lipinski definition) is 1. The summed E-state index contributed by atoms with van der Waals surface area (Å²) >= 11 is 1.49. The molecule has 0 radical (unpaired) electrons. The highest BCUT2D eigenvalue weighted by molar-refractivity contribution is 7.13. The normalized spacial score (nSPS) is 23.5. The SMILES string of the molecule is Cl.Cl.O=C(Nc1ncsc1-c1ccncc1)OCC12CCN(CC1)CC2. The Hall–Kier alpha value is -1.41. The van der Waals surface area contributed by atoms with Crippen LogP contribution in [0.15, 0.2) is 30.0 Å². The van der Waals surface area contributed by atoms with Crippen molar-refractivity contribution in [3.63, 3.8) is 0 Å². The molecule has 1 N–H and O–H groups in total. The number of fused-ring (bicyclic) bond motifs is 3. The fraction of sp³-hybridized carbons (Fsp3) is 0.471. The van der Waals surface area contributed by atoms with Gasteiger partial charge in [-0.25, -0.2) is 9.78 Å². The number of amides is 1. The summed E-state index contributed by atoms with van der Waals surface area (Å²) < 4.78 is 5.55. The van der Waals surface area contributed by atoms with E-state index in [9.17, 15) is 4.79 Å². The molecule has 0 saturated carbocycles. The van der Waals surface area contributed by atoms with Crippen LogP contribution in [0.5, 0.6) is 0 Å². The molecule has 2 bridgehead atoms. The van der Waals surface area contributed by atoms with E-state index in [1.54, 1.807) is 17.9 Å². The first-order valence-corrected chi connectivity index (χ1v) is 9.12. The molecule has 9 heteroatoms. The molecule has 5 heterocycles. The first kappa shape index (κ1) is 20.9. The van der Waals surface area contributed by atoms with E-state index in [0.29, 0.717) is 12.4 Å². The maximum Gasteiger partial charge on any atom is 0.412 e. The molecule has 3 aliphatic heterocycles. The van der Waals surface area contributed by atoms with Crippen molar-refractivity contribution in [1.82, 2.24) is 14.9 Å². The van der Waals surface area contributed by atoms with Gasteiger partial charge in [-0.2, -0.15) is 0 Å². The van der Waals surface area contributed by atoms with Gasteiger partial charge in [0.1, 0.15) is 0 Å². The predicted octanol–water partition coefficient (Wildman–Crippen LogP) is 4.08. The van der Waals surface area contributed by atoms with E-state index in [4.69, 9.17) is 4.74 Å². The highest BCUT2D eigenvalue weighted by Crippen LogP contribution is 2.40. The lowest BCUT2D eigenvalue weighted by atomic mass is 9.73. The number of anilines is 1. The van der Waals surface area contributed by atoms with Gasteiger partial charge in [0.05, 0.1) is 17.0 Å². The largest absolute Gasteiger partial charge is 0.449 e. The molecule has 0 aromatic carbocycles. The van der Waals surface area contributed by atoms with Gasteiger partial charge in [0, 0.05) is 17.8 Å². The molecule has 2 aromatic rings. The number of pyridine rings is 1. The molecular weight excluding hydrogens is 395 g/mol. The zero-order chi connectivity index (χ0) is 16.4. The van der Waals surface area contributed by atoms with E-state index >= 15 is 0 Å². The number of piperidine rings is 3. The van der Waals surface area contributed by atoms with Gasteiger partial charge in [-0.15, -0.1) is 36.2 Å². The standard InChI is InChI=1S/C17H20N4O2S.2ClH/c22-16(23-11-17-3-8-21(9-4-17)10-5-17)20-15-14(24-12-19-15)13-1-6-18-7-2-13;;/h1-2,6-7,12H,3-5,8-11H2,(H,20,22);2*1H. The van der Waals surface area contributed by atoms with Crippen molar-refractivity contribution in [3.8, 4) is 10.4 Å². The van der Waals surface area contributed by atoms with E-state index < -0.39 is 6.09 Å². The molecule has 0 aliphatic carbocycles. The Labute approximate surface area is 169 Å². The number of ether oxygens (including phenoxy) is 1. The lowest BCUT2D eigenvalue weighted by molar-refractivity contribution is -0.0190. The maximum atomic E-state index is 12.2. The van der Waals surface area contributed by atoms with Crippen molar-refractivity contribution in [2.24, 2.45) is 5.41 Å². The minimum absolute atomic E-state index is 0. The summed E-state index contributed by atoms with van der Waals surface area (Å²) in [6.07, 6.45) is 6.41. The minimum atomic E-state index is -0.418. The van der Waals surface area contributed by atoms with Gasteiger partial charge in [0.2, 0.25) is 0 Å². The molecule has 1 amide bonds. The Kier molecular flexibility index (Phi) is 7.23. The van der Waals surface area contributed by atoms with Crippen LogP contribution in [-0.2, 0) is 4.74 Å². The molecule has 2 aromatic heterocycles. The van der Waals surface area contributed by atoms with Crippen LogP contribution in [0.2, 0.25) is 0 Å². The van der Waals surface area contributed by atoms with Crippen molar-refractivity contribution in [1.29, 1.82) is 0 Å². The zero-order valence-electron chi connectivity index (χ0n) is 14.2. The summed E-state index contributed by atoms with van der Waals surface area (Å²) in [7, 11) is 0. The second-order valence-electron chi connectivity index (χ2n) is 6.56. The Morgan fingerprint density at radius 1 is 1.19 bits per heavy atom. The summed E-state index contributed by atoms with van der Waals surface area (Å²) in [5, 5.41) is 2.79. The molecular formula is C17H22Cl2N4O2S. The number of rotatable bonds is 4. The van der Waals surface area contributed by atoms with Crippen molar-refractivity contribution in [2.75, 3.05) is 31.6 Å². The third-order valence-corrected chi connectivity index (χ3v) is 5.99. The summed E-state index contributed by atoms with van der Waals surface area (Å²) in [6, 6.07) is 3.80. The summed E-state index contributed by atoms with van der Waals surface area (Å²) in [6.45, 7) is 3.89. The van der Waals surface area contributed by atoms with Crippen LogP contribution >= 0.6 is 36.2 Å². The van der Waals surface area contributed by atoms with E-state index in [1.165, 1.54) is 11.3 Å². The number of hydrogen-bond acceptors (Lipinski definition) is 6. The Bertz CT molecular complexity index is 707. The van der Waals surface area contributed by atoms with Gasteiger partial charge < -0.3 is 9.64 Å². The van der Waals surface area contributed by atoms with Crippen LogP contribution in [0.1, 0.15) is 19.3 Å². The van der Waals surface area contributed by atoms with E-state index in [0.717, 1.165) is 49.3 Å². The lowest BCUT2D eigenvalue weighted by Gasteiger charge is -2.47. The first-order chi connectivity index (χ1) is 11.7. The number of nitrogens with zero attached hydrogens (tertiary/aromatic N) is 3. The van der Waals surface area contributed by atoms with Crippen LogP contribution in [-0.4, -0.2) is 47.2 Å². The third-order valence-electron chi connectivity index (χ3n) is 5.11. The van der Waals surface area contributed by atoms with Crippen LogP contribution in [0, 0.1) is 5.41 Å².